The van der Waals surface area contributed by atoms with Gasteiger partial charge >= 0.3 is 11.9 Å². The highest BCUT2D eigenvalue weighted by Gasteiger charge is 2.17. The first kappa shape index (κ1) is 16.6. The first-order valence-corrected chi connectivity index (χ1v) is 6.23. The lowest BCUT2D eigenvalue weighted by Gasteiger charge is -2.12. The van der Waals surface area contributed by atoms with Crippen LogP contribution in [0.1, 0.15) is 46.0 Å². The van der Waals surface area contributed by atoms with Gasteiger partial charge in [-0.25, -0.2) is 4.79 Å². The molecule has 104 valence electrons. The molecule has 5 nitrogen and oxygen atoms in total. The Kier molecular flexibility index (Phi) is 8.92. The van der Waals surface area contributed by atoms with Crippen molar-refractivity contribution in [1.29, 1.82) is 0 Å². The molecule has 18 heavy (non-hydrogen) atoms. The van der Waals surface area contributed by atoms with E-state index >= 15 is 0 Å². The van der Waals surface area contributed by atoms with Gasteiger partial charge < -0.3 is 14.6 Å². The van der Waals surface area contributed by atoms with Crippen molar-refractivity contribution in [2.24, 2.45) is 0 Å². The lowest BCUT2D eigenvalue weighted by Crippen LogP contribution is -2.20. The topological polar surface area (TPSA) is 72.8 Å². The van der Waals surface area contributed by atoms with Crippen molar-refractivity contribution in [3.63, 3.8) is 0 Å². The molecule has 0 saturated heterocycles. The normalized spacial score (nSPS) is 11.7. The van der Waals surface area contributed by atoms with E-state index in [1.54, 1.807) is 6.92 Å². The summed E-state index contributed by atoms with van der Waals surface area (Å²) in [7, 11) is 0. The van der Waals surface area contributed by atoms with Gasteiger partial charge in [0.2, 0.25) is 6.29 Å². The molecule has 1 atom stereocenters. The first-order chi connectivity index (χ1) is 8.51. The number of carbonyl (C=O) groups is 2. The number of hydrogen-bond donors (Lipinski definition) is 1. The van der Waals surface area contributed by atoms with Crippen LogP contribution in [-0.4, -0.2) is 29.9 Å². The predicted octanol–water partition coefficient (Wildman–Crippen LogP) is 1.94. The van der Waals surface area contributed by atoms with E-state index in [1.807, 2.05) is 6.92 Å². The van der Waals surface area contributed by atoms with Gasteiger partial charge in [0.05, 0.1) is 13.0 Å². The summed E-state index contributed by atoms with van der Waals surface area (Å²) >= 11 is 0. The van der Waals surface area contributed by atoms with Gasteiger partial charge in [0.25, 0.3) is 0 Å². The van der Waals surface area contributed by atoms with Gasteiger partial charge in [0.15, 0.2) is 0 Å². The number of esters is 2. The summed E-state index contributed by atoms with van der Waals surface area (Å²) < 4.78 is 9.42. The molecule has 0 aliphatic carbocycles. The van der Waals surface area contributed by atoms with Crippen LogP contribution in [0.25, 0.3) is 0 Å². The highest BCUT2D eigenvalue weighted by molar-refractivity contribution is 5.93. The SMILES string of the molecule is C=C(CC(=O)OCC)C(=O)OC(O)CCCCC. The van der Waals surface area contributed by atoms with E-state index in [-0.39, 0.29) is 18.6 Å². The number of aliphatic hydroxyl groups excluding tert-OH is 1. The Hall–Kier alpha value is -1.36. The van der Waals surface area contributed by atoms with Crippen LogP contribution in [0, 0.1) is 0 Å². The molecule has 0 amide bonds. The number of rotatable bonds is 9. The zero-order valence-corrected chi connectivity index (χ0v) is 11.1. The smallest absolute Gasteiger partial charge is 0.336 e. The van der Waals surface area contributed by atoms with Crippen LogP contribution in [0.3, 0.4) is 0 Å². The fourth-order valence-electron chi connectivity index (χ4n) is 1.29. The molecule has 1 unspecified atom stereocenters. The average Bonchev–Trinajstić information content (AvgIpc) is 2.29. The van der Waals surface area contributed by atoms with E-state index in [1.165, 1.54) is 0 Å². The minimum Gasteiger partial charge on any atom is -0.466 e. The third kappa shape index (κ3) is 7.84. The standard InChI is InChI=1S/C13H22O5/c1-4-6-7-8-11(14)18-13(16)10(3)9-12(15)17-5-2/h11,14H,3-9H2,1-2H3. The lowest BCUT2D eigenvalue weighted by molar-refractivity contribution is -0.165. The summed E-state index contributed by atoms with van der Waals surface area (Å²) in [5.74, 6) is -1.29. The highest BCUT2D eigenvalue weighted by atomic mass is 16.6. The van der Waals surface area contributed by atoms with Gasteiger partial charge in [-0.2, -0.15) is 0 Å². The molecule has 0 heterocycles. The largest absolute Gasteiger partial charge is 0.466 e. The lowest BCUT2D eigenvalue weighted by atomic mass is 10.2. The molecule has 0 spiro atoms. The minimum atomic E-state index is -1.14. The van der Waals surface area contributed by atoms with Gasteiger partial charge in [-0.1, -0.05) is 26.3 Å². The summed E-state index contributed by atoms with van der Waals surface area (Å²) in [4.78, 5) is 22.5. The van der Waals surface area contributed by atoms with E-state index in [0.29, 0.717) is 6.42 Å². The van der Waals surface area contributed by atoms with Gasteiger partial charge in [-0.15, -0.1) is 0 Å². The molecule has 0 aromatic heterocycles. The molecular weight excluding hydrogens is 236 g/mol. The molecule has 0 rings (SSSR count). The van der Waals surface area contributed by atoms with Gasteiger partial charge in [-0.3, -0.25) is 4.79 Å². The Morgan fingerprint density at radius 2 is 1.94 bits per heavy atom. The Morgan fingerprint density at radius 1 is 1.28 bits per heavy atom. The zero-order chi connectivity index (χ0) is 14.0. The average molecular weight is 258 g/mol. The fourth-order valence-corrected chi connectivity index (χ4v) is 1.29. The zero-order valence-electron chi connectivity index (χ0n) is 11.1. The van der Waals surface area contributed by atoms with Crippen LogP contribution in [0.15, 0.2) is 12.2 Å². The second-order valence-electron chi connectivity index (χ2n) is 3.94. The Balaban J connectivity index is 3.92. The summed E-state index contributed by atoms with van der Waals surface area (Å²) in [6, 6.07) is 0. The summed E-state index contributed by atoms with van der Waals surface area (Å²) in [5.41, 5.74) is -0.0111. The Morgan fingerprint density at radius 3 is 2.50 bits per heavy atom. The monoisotopic (exact) mass is 258 g/mol. The van der Waals surface area contributed by atoms with Crippen LogP contribution in [0.2, 0.25) is 0 Å². The Bertz CT molecular complexity index is 285. The van der Waals surface area contributed by atoms with Gasteiger partial charge in [0.1, 0.15) is 0 Å². The number of carbonyl (C=O) groups excluding carboxylic acids is 2. The molecule has 0 aliphatic heterocycles. The molecule has 0 saturated carbocycles. The summed E-state index contributed by atoms with van der Waals surface area (Å²) in [6.45, 7) is 7.41. The maximum Gasteiger partial charge on any atom is 0.336 e. The molecule has 0 aromatic rings. The molecule has 0 aromatic carbocycles. The van der Waals surface area contributed by atoms with Crippen molar-refractivity contribution in [2.45, 2.75) is 52.2 Å². The van der Waals surface area contributed by atoms with Crippen molar-refractivity contribution >= 4 is 11.9 Å². The second kappa shape index (κ2) is 9.65. The van der Waals surface area contributed by atoms with E-state index in [9.17, 15) is 14.7 Å². The quantitative estimate of drug-likeness (QED) is 0.296. The second-order valence-corrected chi connectivity index (χ2v) is 3.94. The van der Waals surface area contributed by atoms with Crippen molar-refractivity contribution in [3.8, 4) is 0 Å². The maximum absolute atomic E-state index is 11.4. The highest BCUT2D eigenvalue weighted by Crippen LogP contribution is 2.09. The van der Waals surface area contributed by atoms with Crippen LogP contribution >= 0.6 is 0 Å². The van der Waals surface area contributed by atoms with E-state index < -0.39 is 18.2 Å². The van der Waals surface area contributed by atoms with E-state index in [4.69, 9.17) is 4.74 Å². The molecule has 5 heteroatoms. The molecule has 0 aliphatic rings. The molecule has 0 bridgehead atoms. The van der Waals surface area contributed by atoms with Crippen LogP contribution < -0.4 is 0 Å². The molecule has 0 radical (unpaired) electrons. The Labute approximate surface area is 108 Å². The van der Waals surface area contributed by atoms with E-state index in [2.05, 4.69) is 11.3 Å². The third-order valence-corrected chi connectivity index (χ3v) is 2.25. The van der Waals surface area contributed by atoms with Crippen molar-refractivity contribution < 1.29 is 24.2 Å². The molecular formula is C13H22O5. The third-order valence-electron chi connectivity index (χ3n) is 2.25. The summed E-state index contributed by atoms with van der Waals surface area (Å²) in [6.07, 6.45) is 1.83. The van der Waals surface area contributed by atoms with E-state index in [0.717, 1.165) is 19.3 Å². The van der Waals surface area contributed by atoms with Crippen molar-refractivity contribution in [1.82, 2.24) is 0 Å². The summed E-state index contributed by atoms with van der Waals surface area (Å²) in [5, 5.41) is 9.43. The number of hydrogen-bond acceptors (Lipinski definition) is 5. The predicted molar refractivity (Wildman–Crippen MR) is 66.6 cm³/mol. The van der Waals surface area contributed by atoms with Crippen molar-refractivity contribution in [2.75, 3.05) is 6.61 Å². The number of ether oxygens (including phenoxy) is 2. The molecule has 0 fully saturated rings. The first-order valence-electron chi connectivity index (χ1n) is 6.23. The number of aliphatic hydroxyl groups is 1. The minimum absolute atomic E-state index is 0.0111. The van der Waals surface area contributed by atoms with Crippen LogP contribution in [0.5, 0.6) is 0 Å². The number of unbranched alkanes of at least 4 members (excludes halogenated alkanes) is 2. The maximum atomic E-state index is 11.4. The van der Waals surface area contributed by atoms with Crippen LogP contribution in [0.4, 0.5) is 0 Å². The van der Waals surface area contributed by atoms with Gasteiger partial charge in [-0.05, 0) is 13.3 Å². The molecule has 1 N–H and O–H groups in total. The van der Waals surface area contributed by atoms with Crippen LogP contribution in [-0.2, 0) is 19.1 Å². The van der Waals surface area contributed by atoms with Gasteiger partial charge in [0, 0.05) is 12.0 Å². The van der Waals surface area contributed by atoms with Crippen molar-refractivity contribution in [3.05, 3.63) is 12.2 Å². The fraction of sp³-hybridized carbons (Fsp3) is 0.692.